The highest BCUT2D eigenvalue weighted by Crippen LogP contribution is 2.21. The number of rotatable bonds is 5. The predicted octanol–water partition coefficient (Wildman–Crippen LogP) is 2.03. The number of hydrogen-bond acceptors (Lipinski definition) is 5. The van der Waals surface area contributed by atoms with Crippen molar-refractivity contribution in [2.45, 2.75) is 51.4 Å². The highest BCUT2D eigenvalue weighted by atomic mass is 16.5. The Morgan fingerprint density at radius 2 is 2.00 bits per heavy atom. The van der Waals surface area contributed by atoms with E-state index in [0.717, 1.165) is 76.1 Å². The van der Waals surface area contributed by atoms with Gasteiger partial charge in [0.25, 0.3) is 0 Å². The fourth-order valence-electron chi connectivity index (χ4n) is 4.22. The Labute approximate surface area is 168 Å². The van der Waals surface area contributed by atoms with E-state index < -0.39 is 0 Å². The first-order chi connectivity index (χ1) is 13.8. The van der Waals surface area contributed by atoms with Gasteiger partial charge in [0.15, 0.2) is 5.96 Å². The van der Waals surface area contributed by atoms with Crippen molar-refractivity contribution in [3.05, 3.63) is 23.9 Å². The molecule has 0 radical (unpaired) electrons. The Hall–Kier alpha value is -1.86. The van der Waals surface area contributed by atoms with E-state index in [9.17, 15) is 0 Å². The normalized spacial score (nSPS) is 26.1. The summed E-state index contributed by atoms with van der Waals surface area (Å²) in [7, 11) is 0. The lowest BCUT2D eigenvalue weighted by atomic mass is 10.1. The fourth-order valence-corrected chi connectivity index (χ4v) is 4.22. The number of anilines is 1. The molecule has 3 aliphatic rings. The number of pyridine rings is 1. The number of guanidine groups is 1. The van der Waals surface area contributed by atoms with E-state index in [1.807, 2.05) is 6.20 Å². The van der Waals surface area contributed by atoms with Crippen LogP contribution < -0.4 is 10.2 Å². The first-order valence-corrected chi connectivity index (χ1v) is 10.8. The average Bonchev–Trinajstić information content (AvgIpc) is 3.46. The molecule has 3 aliphatic heterocycles. The lowest BCUT2D eigenvalue weighted by Gasteiger charge is -2.37. The Kier molecular flexibility index (Phi) is 6.65. The fraction of sp³-hybridized carbons (Fsp3) is 0.714. The summed E-state index contributed by atoms with van der Waals surface area (Å²) in [5, 5.41) is 3.44. The summed E-state index contributed by atoms with van der Waals surface area (Å²) >= 11 is 0. The van der Waals surface area contributed by atoms with E-state index >= 15 is 0 Å². The molecule has 2 atom stereocenters. The molecule has 1 N–H and O–H groups in total. The van der Waals surface area contributed by atoms with E-state index in [4.69, 9.17) is 14.5 Å². The van der Waals surface area contributed by atoms with E-state index in [0.29, 0.717) is 6.54 Å². The quantitative estimate of drug-likeness (QED) is 0.616. The summed E-state index contributed by atoms with van der Waals surface area (Å²) in [6.45, 7) is 9.13. The predicted molar refractivity (Wildman–Crippen MR) is 111 cm³/mol. The maximum Gasteiger partial charge on any atom is 0.194 e. The van der Waals surface area contributed by atoms with Gasteiger partial charge in [-0.25, -0.2) is 9.98 Å². The summed E-state index contributed by atoms with van der Waals surface area (Å²) < 4.78 is 11.8. The molecule has 0 saturated carbocycles. The van der Waals surface area contributed by atoms with Crippen LogP contribution in [0.5, 0.6) is 0 Å². The molecular weight excluding hydrogens is 354 g/mol. The summed E-state index contributed by atoms with van der Waals surface area (Å²) in [5.74, 6) is 2.04. The van der Waals surface area contributed by atoms with Crippen molar-refractivity contribution in [2.75, 3.05) is 50.8 Å². The Balaban J connectivity index is 1.38. The molecule has 0 aromatic carbocycles. The van der Waals surface area contributed by atoms with Crippen molar-refractivity contribution in [3.8, 4) is 0 Å². The number of ether oxygens (including phenoxy) is 2. The number of hydrogen-bond donors (Lipinski definition) is 1. The van der Waals surface area contributed by atoms with Gasteiger partial charge in [0.05, 0.1) is 19.3 Å². The summed E-state index contributed by atoms with van der Waals surface area (Å²) in [6, 6.07) is 4.29. The highest BCUT2D eigenvalue weighted by molar-refractivity contribution is 5.80. The van der Waals surface area contributed by atoms with Crippen LogP contribution in [0.3, 0.4) is 0 Å². The highest BCUT2D eigenvalue weighted by Gasteiger charge is 2.32. The summed E-state index contributed by atoms with van der Waals surface area (Å²) in [4.78, 5) is 14.2. The number of morpholine rings is 1. The second kappa shape index (κ2) is 9.56. The zero-order chi connectivity index (χ0) is 19.2. The molecule has 1 aromatic rings. The van der Waals surface area contributed by atoms with Crippen molar-refractivity contribution >= 4 is 11.8 Å². The number of aromatic nitrogens is 1. The maximum atomic E-state index is 5.98. The van der Waals surface area contributed by atoms with Crippen LogP contribution in [0.2, 0.25) is 0 Å². The molecule has 2 unspecified atom stereocenters. The molecule has 154 valence electrons. The molecular formula is C21H33N5O2. The Bertz CT molecular complexity index is 639. The van der Waals surface area contributed by atoms with Gasteiger partial charge in [0, 0.05) is 45.5 Å². The van der Waals surface area contributed by atoms with Gasteiger partial charge in [-0.3, -0.25) is 0 Å². The molecule has 0 spiro atoms. The lowest BCUT2D eigenvalue weighted by Crippen LogP contribution is -2.53. The molecule has 7 heteroatoms. The molecule has 0 aliphatic carbocycles. The van der Waals surface area contributed by atoms with E-state index in [2.05, 4.69) is 39.2 Å². The van der Waals surface area contributed by atoms with E-state index in [-0.39, 0.29) is 12.2 Å². The minimum Gasteiger partial charge on any atom is -0.375 e. The standard InChI is InChI=1S/C21H33N5O2/c1-2-22-21(26-11-13-28-19(16-26)18-6-5-12-27-18)24-15-17-7-8-20(23-14-17)25-9-3-4-10-25/h7-8,14,18-19H,2-6,9-13,15-16H2,1H3,(H,22,24). The van der Waals surface area contributed by atoms with Gasteiger partial charge < -0.3 is 24.6 Å². The van der Waals surface area contributed by atoms with Crippen LogP contribution in [0, 0.1) is 0 Å². The minimum absolute atomic E-state index is 0.140. The first-order valence-electron chi connectivity index (χ1n) is 10.8. The van der Waals surface area contributed by atoms with Gasteiger partial charge in [-0.05, 0) is 44.2 Å². The van der Waals surface area contributed by atoms with Crippen molar-refractivity contribution in [2.24, 2.45) is 4.99 Å². The molecule has 0 bridgehead atoms. The minimum atomic E-state index is 0.140. The molecule has 4 heterocycles. The van der Waals surface area contributed by atoms with Crippen molar-refractivity contribution in [3.63, 3.8) is 0 Å². The number of nitrogens with one attached hydrogen (secondary N) is 1. The van der Waals surface area contributed by atoms with Crippen molar-refractivity contribution in [1.29, 1.82) is 0 Å². The topological polar surface area (TPSA) is 62.2 Å². The zero-order valence-corrected chi connectivity index (χ0v) is 17.0. The molecule has 7 nitrogen and oxygen atoms in total. The first kappa shape index (κ1) is 19.5. The third-order valence-electron chi connectivity index (χ3n) is 5.76. The molecule has 3 fully saturated rings. The van der Waals surface area contributed by atoms with Gasteiger partial charge in [0.2, 0.25) is 0 Å². The Morgan fingerprint density at radius 3 is 2.71 bits per heavy atom. The Morgan fingerprint density at radius 1 is 1.14 bits per heavy atom. The second-order valence-corrected chi connectivity index (χ2v) is 7.80. The van der Waals surface area contributed by atoms with Crippen molar-refractivity contribution < 1.29 is 9.47 Å². The lowest BCUT2D eigenvalue weighted by molar-refractivity contribution is -0.0817. The van der Waals surface area contributed by atoms with Gasteiger partial charge >= 0.3 is 0 Å². The van der Waals surface area contributed by atoms with Crippen LogP contribution in [0.25, 0.3) is 0 Å². The molecule has 1 aromatic heterocycles. The van der Waals surface area contributed by atoms with Gasteiger partial charge in [-0.15, -0.1) is 0 Å². The SMILES string of the molecule is CCNC(=NCc1ccc(N2CCCC2)nc1)N1CCOC(C2CCCO2)C1. The van der Waals surface area contributed by atoms with E-state index in [1.54, 1.807) is 0 Å². The molecule has 28 heavy (non-hydrogen) atoms. The van der Waals surface area contributed by atoms with Crippen LogP contribution in [-0.2, 0) is 16.0 Å². The summed E-state index contributed by atoms with van der Waals surface area (Å²) in [6.07, 6.45) is 7.11. The van der Waals surface area contributed by atoms with Crippen LogP contribution >= 0.6 is 0 Å². The van der Waals surface area contributed by atoms with Crippen LogP contribution in [0.1, 0.15) is 38.2 Å². The average molecular weight is 388 g/mol. The maximum absolute atomic E-state index is 5.98. The van der Waals surface area contributed by atoms with Crippen LogP contribution in [0.4, 0.5) is 5.82 Å². The zero-order valence-electron chi connectivity index (χ0n) is 17.0. The largest absolute Gasteiger partial charge is 0.375 e. The van der Waals surface area contributed by atoms with Crippen molar-refractivity contribution in [1.82, 2.24) is 15.2 Å². The van der Waals surface area contributed by atoms with Gasteiger partial charge in [-0.1, -0.05) is 6.07 Å². The third kappa shape index (κ3) is 4.75. The summed E-state index contributed by atoms with van der Waals surface area (Å²) in [5.41, 5.74) is 1.14. The smallest absolute Gasteiger partial charge is 0.194 e. The number of aliphatic imine (C=N–C) groups is 1. The molecule has 4 rings (SSSR count). The van der Waals surface area contributed by atoms with Crippen LogP contribution in [0.15, 0.2) is 23.3 Å². The third-order valence-corrected chi connectivity index (χ3v) is 5.76. The molecule has 3 saturated heterocycles. The van der Waals surface area contributed by atoms with Crippen LogP contribution in [-0.4, -0.2) is 74.0 Å². The van der Waals surface area contributed by atoms with Gasteiger partial charge in [0.1, 0.15) is 11.9 Å². The number of nitrogens with zero attached hydrogens (tertiary/aromatic N) is 4. The van der Waals surface area contributed by atoms with Gasteiger partial charge in [-0.2, -0.15) is 0 Å². The monoisotopic (exact) mass is 387 g/mol. The second-order valence-electron chi connectivity index (χ2n) is 7.80. The molecule has 0 amide bonds. The van der Waals surface area contributed by atoms with E-state index in [1.165, 1.54) is 12.8 Å².